The Labute approximate surface area is 76.3 Å². The molecule has 1 N–H and O–H groups in total. The van der Waals surface area contributed by atoms with Crippen molar-refractivity contribution in [3.63, 3.8) is 0 Å². The average molecular weight is 178 g/mol. The first kappa shape index (κ1) is 9.32. The molecule has 13 heavy (non-hydrogen) atoms. The normalized spacial score (nSPS) is 9.31. The third-order valence-electron chi connectivity index (χ3n) is 1.47. The zero-order chi connectivity index (χ0) is 9.84. The third-order valence-corrected chi connectivity index (χ3v) is 1.47. The first-order valence-electron chi connectivity index (χ1n) is 3.76. The van der Waals surface area contributed by atoms with Gasteiger partial charge < -0.3 is 9.84 Å². The van der Waals surface area contributed by atoms with E-state index in [-0.39, 0.29) is 5.76 Å². The highest BCUT2D eigenvalue weighted by Gasteiger charge is 2.05. The van der Waals surface area contributed by atoms with Crippen molar-refractivity contribution in [3.05, 3.63) is 42.2 Å². The van der Waals surface area contributed by atoms with E-state index in [1.54, 1.807) is 18.2 Å². The molecule has 1 aromatic rings. The highest BCUT2D eigenvalue weighted by Crippen LogP contribution is 2.14. The molecule has 68 valence electrons. The van der Waals surface area contributed by atoms with Crippen LogP contribution < -0.4 is 4.74 Å². The van der Waals surface area contributed by atoms with Crippen molar-refractivity contribution in [1.82, 2.24) is 0 Å². The second-order valence-corrected chi connectivity index (χ2v) is 2.65. The number of hydrogen-bond donors (Lipinski definition) is 1. The number of ether oxygens (including phenoxy) is 1. The molecule has 0 radical (unpaired) electrons. The predicted molar refractivity (Wildman–Crippen MR) is 48.6 cm³/mol. The zero-order valence-electron chi connectivity index (χ0n) is 7.28. The van der Waals surface area contributed by atoms with Crippen molar-refractivity contribution in [2.24, 2.45) is 0 Å². The van der Waals surface area contributed by atoms with Gasteiger partial charge in [-0.1, -0.05) is 12.1 Å². The lowest BCUT2D eigenvalue weighted by Crippen LogP contribution is -2.05. The highest BCUT2D eigenvalue weighted by atomic mass is 16.5. The standard InChI is InChI=1S/C10H10O3/c1-7-4-3-5-9(6-7)13-8(2)10(11)12/h3-6H,2H2,1H3,(H,11,12). The number of hydrogen-bond acceptors (Lipinski definition) is 2. The Morgan fingerprint density at radius 3 is 2.77 bits per heavy atom. The molecule has 0 saturated heterocycles. The lowest BCUT2D eigenvalue weighted by molar-refractivity contribution is -0.135. The van der Waals surface area contributed by atoms with Crippen LogP contribution in [-0.2, 0) is 4.79 Å². The molecule has 0 amide bonds. The van der Waals surface area contributed by atoms with Crippen LogP contribution in [0.5, 0.6) is 5.75 Å². The van der Waals surface area contributed by atoms with Crippen LogP contribution in [0.4, 0.5) is 0 Å². The Hall–Kier alpha value is -1.77. The maximum Gasteiger partial charge on any atom is 0.371 e. The van der Waals surface area contributed by atoms with Crippen molar-refractivity contribution < 1.29 is 14.6 Å². The molecule has 0 aliphatic carbocycles. The van der Waals surface area contributed by atoms with Gasteiger partial charge in [0.05, 0.1) is 0 Å². The summed E-state index contributed by atoms with van der Waals surface area (Å²) in [5, 5.41) is 8.49. The fourth-order valence-electron chi connectivity index (χ4n) is 0.865. The molecule has 0 aliphatic rings. The molecule has 1 rings (SSSR count). The topological polar surface area (TPSA) is 46.5 Å². The van der Waals surface area contributed by atoms with Gasteiger partial charge in [-0.25, -0.2) is 4.79 Å². The van der Waals surface area contributed by atoms with E-state index in [1.807, 2.05) is 13.0 Å². The number of aryl methyl sites for hydroxylation is 1. The molecule has 3 nitrogen and oxygen atoms in total. The number of aliphatic carboxylic acids is 1. The summed E-state index contributed by atoms with van der Waals surface area (Å²) in [6.45, 7) is 5.16. The van der Waals surface area contributed by atoms with Crippen LogP contribution >= 0.6 is 0 Å². The van der Waals surface area contributed by atoms with E-state index in [0.29, 0.717) is 5.75 Å². The fourth-order valence-corrected chi connectivity index (χ4v) is 0.865. The number of benzene rings is 1. The van der Waals surface area contributed by atoms with Gasteiger partial charge in [0, 0.05) is 0 Å². The number of carbonyl (C=O) groups is 1. The summed E-state index contributed by atoms with van der Waals surface area (Å²) in [4.78, 5) is 10.4. The number of carboxylic acids is 1. The second kappa shape index (κ2) is 3.76. The van der Waals surface area contributed by atoms with Crippen LogP contribution in [0, 0.1) is 6.92 Å². The smallest absolute Gasteiger partial charge is 0.371 e. The van der Waals surface area contributed by atoms with Crippen molar-refractivity contribution in [2.75, 3.05) is 0 Å². The summed E-state index contributed by atoms with van der Waals surface area (Å²) >= 11 is 0. The van der Waals surface area contributed by atoms with Crippen molar-refractivity contribution in [3.8, 4) is 5.75 Å². The van der Waals surface area contributed by atoms with Crippen molar-refractivity contribution in [1.29, 1.82) is 0 Å². The number of carboxylic acid groups (broad SMARTS) is 1. The molecule has 0 fully saturated rings. The summed E-state index contributed by atoms with van der Waals surface area (Å²) in [6.07, 6.45) is 0. The molecule has 0 aromatic heterocycles. The quantitative estimate of drug-likeness (QED) is 0.568. The minimum Gasteiger partial charge on any atom is -0.475 e. The monoisotopic (exact) mass is 178 g/mol. The van der Waals surface area contributed by atoms with Crippen LogP contribution in [0.3, 0.4) is 0 Å². The van der Waals surface area contributed by atoms with Crippen LogP contribution in [0.25, 0.3) is 0 Å². The first-order valence-corrected chi connectivity index (χ1v) is 3.76. The molecule has 0 aliphatic heterocycles. The van der Waals surface area contributed by atoms with E-state index in [0.717, 1.165) is 5.56 Å². The van der Waals surface area contributed by atoms with Gasteiger partial charge in [-0.15, -0.1) is 0 Å². The molecule has 0 spiro atoms. The molecule has 0 unspecified atom stereocenters. The van der Waals surface area contributed by atoms with Crippen LogP contribution in [-0.4, -0.2) is 11.1 Å². The fraction of sp³-hybridized carbons (Fsp3) is 0.100. The molecule has 0 saturated carbocycles. The van der Waals surface area contributed by atoms with Crippen LogP contribution in [0.2, 0.25) is 0 Å². The molecular weight excluding hydrogens is 168 g/mol. The van der Waals surface area contributed by atoms with Crippen LogP contribution in [0.1, 0.15) is 5.56 Å². The van der Waals surface area contributed by atoms with Gasteiger partial charge in [0.2, 0.25) is 5.76 Å². The molecule has 1 aromatic carbocycles. The molecule has 0 atom stereocenters. The van der Waals surface area contributed by atoms with Gasteiger partial charge >= 0.3 is 5.97 Å². The van der Waals surface area contributed by atoms with Gasteiger partial charge in [-0.3, -0.25) is 0 Å². The summed E-state index contributed by atoms with van der Waals surface area (Å²) in [6, 6.07) is 7.12. The van der Waals surface area contributed by atoms with E-state index in [4.69, 9.17) is 9.84 Å². The van der Waals surface area contributed by atoms with E-state index in [1.165, 1.54) is 0 Å². The van der Waals surface area contributed by atoms with Gasteiger partial charge in [-0.05, 0) is 31.2 Å². The lowest BCUT2D eigenvalue weighted by Gasteiger charge is -2.04. The minimum atomic E-state index is -1.15. The first-order chi connectivity index (χ1) is 6.09. The Bertz CT molecular complexity index is 342. The van der Waals surface area contributed by atoms with Gasteiger partial charge in [0.1, 0.15) is 5.75 Å². The SMILES string of the molecule is C=C(Oc1cccc(C)c1)C(=O)O. The summed E-state index contributed by atoms with van der Waals surface area (Å²) in [5.41, 5.74) is 1.01. The van der Waals surface area contributed by atoms with E-state index in [2.05, 4.69) is 6.58 Å². The molecule has 3 heteroatoms. The molecule has 0 bridgehead atoms. The number of rotatable bonds is 3. The lowest BCUT2D eigenvalue weighted by atomic mass is 10.2. The maximum absolute atomic E-state index is 10.4. The maximum atomic E-state index is 10.4. The predicted octanol–water partition coefficient (Wildman–Crippen LogP) is 1.97. The van der Waals surface area contributed by atoms with Gasteiger partial charge in [0.15, 0.2) is 0 Å². The van der Waals surface area contributed by atoms with Crippen molar-refractivity contribution in [2.45, 2.75) is 6.92 Å². The zero-order valence-corrected chi connectivity index (χ0v) is 7.28. The minimum absolute atomic E-state index is 0.273. The molecule has 0 heterocycles. The van der Waals surface area contributed by atoms with E-state index < -0.39 is 5.97 Å². The van der Waals surface area contributed by atoms with Gasteiger partial charge in [-0.2, -0.15) is 0 Å². The Kier molecular flexibility index (Phi) is 2.69. The van der Waals surface area contributed by atoms with Crippen molar-refractivity contribution >= 4 is 5.97 Å². The van der Waals surface area contributed by atoms with Gasteiger partial charge in [0.25, 0.3) is 0 Å². The van der Waals surface area contributed by atoms with Crippen LogP contribution in [0.15, 0.2) is 36.6 Å². The van der Waals surface area contributed by atoms with E-state index >= 15 is 0 Å². The Morgan fingerprint density at radius 2 is 2.23 bits per heavy atom. The van der Waals surface area contributed by atoms with E-state index in [9.17, 15) is 4.79 Å². The highest BCUT2D eigenvalue weighted by molar-refractivity contribution is 5.83. The summed E-state index contributed by atoms with van der Waals surface area (Å²) < 4.78 is 4.96. The molecular formula is C10H10O3. The summed E-state index contributed by atoms with van der Waals surface area (Å²) in [7, 11) is 0. The Morgan fingerprint density at radius 1 is 1.54 bits per heavy atom. The summed E-state index contributed by atoms with van der Waals surface area (Å²) in [5.74, 6) is -0.931. The Balaban J connectivity index is 2.75. The third kappa shape index (κ3) is 2.63. The second-order valence-electron chi connectivity index (χ2n) is 2.65. The largest absolute Gasteiger partial charge is 0.475 e. The average Bonchev–Trinajstić information content (AvgIpc) is 2.04.